The number of carbonyl (C=O) groups is 1. The number of aromatic amines is 1. The number of rotatable bonds is 1. The van der Waals surface area contributed by atoms with Gasteiger partial charge in [-0.3, -0.25) is 9.89 Å². The Morgan fingerprint density at radius 2 is 1.95 bits per heavy atom. The zero-order valence-electron chi connectivity index (χ0n) is 10.2. The molecule has 0 aliphatic heterocycles. The van der Waals surface area contributed by atoms with Gasteiger partial charge < -0.3 is 0 Å². The topological polar surface area (TPSA) is 45.8 Å². The molecule has 102 valence electrons. The van der Waals surface area contributed by atoms with Crippen molar-refractivity contribution in [1.82, 2.24) is 10.2 Å². The minimum absolute atomic E-state index is 0.223. The van der Waals surface area contributed by atoms with E-state index in [0.717, 1.165) is 30.7 Å². The summed E-state index contributed by atoms with van der Waals surface area (Å²) < 4.78 is 38.3. The van der Waals surface area contributed by atoms with E-state index < -0.39 is 11.7 Å². The number of aromatic nitrogens is 2. The molecule has 0 amide bonds. The van der Waals surface area contributed by atoms with Crippen molar-refractivity contribution in [2.45, 2.75) is 24.9 Å². The third kappa shape index (κ3) is 1.47. The van der Waals surface area contributed by atoms with Crippen molar-refractivity contribution in [3.8, 4) is 11.3 Å². The van der Waals surface area contributed by atoms with Gasteiger partial charge in [0.05, 0.1) is 16.8 Å². The normalized spacial score (nSPS) is 17.2. The molecule has 2 aliphatic carbocycles. The van der Waals surface area contributed by atoms with E-state index in [1.807, 2.05) is 0 Å². The molecular weight excluding hydrogens is 269 g/mol. The molecule has 1 heterocycles. The Kier molecular flexibility index (Phi) is 2.05. The first-order chi connectivity index (χ1) is 9.47. The highest BCUT2D eigenvalue weighted by Crippen LogP contribution is 2.47. The Hall–Kier alpha value is -2.11. The average Bonchev–Trinajstić information content (AvgIpc) is 3.08. The van der Waals surface area contributed by atoms with E-state index in [2.05, 4.69) is 10.2 Å². The predicted molar refractivity (Wildman–Crippen MR) is 64.4 cm³/mol. The largest absolute Gasteiger partial charge is 0.416 e. The van der Waals surface area contributed by atoms with Crippen molar-refractivity contribution in [1.29, 1.82) is 0 Å². The maximum Gasteiger partial charge on any atom is 0.416 e. The highest BCUT2D eigenvalue weighted by atomic mass is 19.4. The van der Waals surface area contributed by atoms with E-state index in [9.17, 15) is 18.0 Å². The number of nitrogens with zero attached hydrogens (tertiary/aromatic N) is 1. The second-order valence-electron chi connectivity index (χ2n) is 5.22. The second-order valence-corrected chi connectivity index (χ2v) is 5.22. The first kappa shape index (κ1) is 11.7. The molecule has 20 heavy (non-hydrogen) atoms. The van der Waals surface area contributed by atoms with E-state index in [4.69, 9.17) is 0 Å². The molecule has 1 aromatic heterocycles. The zero-order chi connectivity index (χ0) is 14.1. The van der Waals surface area contributed by atoms with Gasteiger partial charge in [-0.1, -0.05) is 0 Å². The lowest BCUT2D eigenvalue weighted by molar-refractivity contribution is -0.137. The molecule has 0 atom stereocenters. The Morgan fingerprint density at radius 3 is 2.60 bits per heavy atom. The summed E-state index contributed by atoms with van der Waals surface area (Å²) in [5.41, 5.74) is 1.43. The summed E-state index contributed by atoms with van der Waals surface area (Å²) in [6.45, 7) is 0. The van der Waals surface area contributed by atoms with Gasteiger partial charge in [0, 0.05) is 17.0 Å². The summed E-state index contributed by atoms with van der Waals surface area (Å²) in [5.74, 6) is 0.0750. The number of fused-ring (bicyclic) bond motifs is 3. The fourth-order valence-electron chi connectivity index (χ4n) is 2.70. The predicted octanol–water partition coefficient (Wildman–Crippen LogP) is 3.52. The number of hydrogen-bond acceptors (Lipinski definition) is 2. The van der Waals surface area contributed by atoms with Gasteiger partial charge in [-0.15, -0.1) is 0 Å². The van der Waals surface area contributed by atoms with Gasteiger partial charge >= 0.3 is 6.18 Å². The van der Waals surface area contributed by atoms with E-state index in [-0.39, 0.29) is 11.3 Å². The Labute approximate surface area is 111 Å². The number of carbonyl (C=O) groups excluding carboxylic acids is 1. The van der Waals surface area contributed by atoms with Crippen LogP contribution in [-0.4, -0.2) is 16.0 Å². The molecule has 1 N–H and O–H groups in total. The van der Waals surface area contributed by atoms with E-state index >= 15 is 0 Å². The molecule has 0 spiro atoms. The lowest BCUT2D eigenvalue weighted by Crippen LogP contribution is -2.06. The van der Waals surface area contributed by atoms with Crippen molar-refractivity contribution in [3.63, 3.8) is 0 Å². The van der Waals surface area contributed by atoms with Crippen LogP contribution in [0, 0.1) is 0 Å². The molecule has 3 nitrogen and oxygen atoms in total. The maximum absolute atomic E-state index is 12.8. The number of benzene rings is 1. The third-order valence-electron chi connectivity index (χ3n) is 3.85. The van der Waals surface area contributed by atoms with Crippen molar-refractivity contribution in [2.24, 2.45) is 0 Å². The molecule has 0 unspecified atom stereocenters. The molecule has 0 saturated heterocycles. The minimum atomic E-state index is -4.42. The molecule has 1 saturated carbocycles. The summed E-state index contributed by atoms with van der Waals surface area (Å²) in [6, 6.07) is 3.21. The van der Waals surface area contributed by atoms with Crippen LogP contribution in [0.25, 0.3) is 11.3 Å². The van der Waals surface area contributed by atoms with E-state index in [0.29, 0.717) is 22.7 Å². The first-order valence-corrected chi connectivity index (χ1v) is 6.31. The summed E-state index contributed by atoms with van der Waals surface area (Å²) >= 11 is 0. The van der Waals surface area contributed by atoms with Gasteiger partial charge in [0.2, 0.25) is 0 Å². The molecule has 2 aliphatic rings. The summed E-state index contributed by atoms with van der Waals surface area (Å²) in [4.78, 5) is 12.3. The van der Waals surface area contributed by atoms with Crippen LogP contribution >= 0.6 is 0 Å². The molecule has 0 bridgehead atoms. The maximum atomic E-state index is 12.8. The summed E-state index contributed by atoms with van der Waals surface area (Å²) in [5, 5.41) is 6.88. The van der Waals surface area contributed by atoms with Crippen molar-refractivity contribution >= 4 is 5.78 Å². The number of H-pyrrole nitrogens is 1. The summed E-state index contributed by atoms with van der Waals surface area (Å²) in [7, 11) is 0. The number of halogens is 3. The van der Waals surface area contributed by atoms with Gasteiger partial charge in [0.15, 0.2) is 5.78 Å². The minimum Gasteiger partial charge on any atom is -0.288 e. The molecule has 0 radical (unpaired) electrons. The van der Waals surface area contributed by atoms with Crippen molar-refractivity contribution in [2.75, 3.05) is 0 Å². The van der Waals surface area contributed by atoms with Gasteiger partial charge in [-0.05, 0) is 31.0 Å². The molecular formula is C14H9F3N2O. The Balaban J connectivity index is 1.91. The average molecular weight is 278 g/mol. The highest BCUT2D eigenvalue weighted by molar-refractivity contribution is 6.21. The fourth-order valence-corrected chi connectivity index (χ4v) is 2.70. The molecule has 1 fully saturated rings. The van der Waals surface area contributed by atoms with Gasteiger partial charge in [0.25, 0.3) is 0 Å². The van der Waals surface area contributed by atoms with E-state index in [1.54, 1.807) is 0 Å². The van der Waals surface area contributed by atoms with Crippen LogP contribution in [0.3, 0.4) is 0 Å². The van der Waals surface area contributed by atoms with Crippen LogP contribution in [0.2, 0.25) is 0 Å². The fraction of sp³-hybridized carbons (Fsp3) is 0.286. The number of alkyl halides is 3. The monoisotopic (exact) mass is 278 g/mol. The van der Waals surface area contributed by atoms with Crippen LogP contribution in [0.15, 0.2) is 18.2 Å². The number of nitrogens with one attached hydrogen (secondary N) is 1. The van der Waals surface area contributed by atoms with Gasteiger partial charge in [0.1, 0.15) is 5.69 Å². The van der Waals surface area contributed by atoms with Crippen LogP contribution in [-0.2, 0) is 6.18 Å². The van der Waals surface area contributed by atoms with Crippen molar-refractivity contribution < 1.29 is 18.0 Å². The van der Waals surface area contributed by atoms with Crippen LogP contribution < -0.4 is 0 Å². The SMILES string of the molecule is O=C1c2ccc(C(F)(F)F)cc2-c2n[nH]c(C3CC3)c21. The van der Waals surface area contributed by atoms with Gasteiger partial charge in [-0.2, -0.15) is 18.3 Å². The van der Waals surface area contributed by atoms with Crippen LogP contribution in [0.4, 0.5) is 13.2 Å². The lowest BCUT2D eigenvalue weighted by atomic mass is 10.0. The van der Waals surface area contributed by atoms with Gasteiger partial charge in [-0.25, -0.2) is 0 Å². The van der Waals surface area contributed by atoms with E-state index in [1.165, 1.54) is 6.07 Å². The second kappa shape index (κ2) is 3.50. The lowest BCUT2D eigenvalue weighted by Gasteiger charge is -2.07. The smallest absolute Gasteiger partial charge is 0.288 e. The number of hydrogen-bond donors (Lipinski definition) is 1. The van der Waals surface area contributed by atoms with Crippen molar-refractivity contribution in [3.05, 3.63) is 40.6 Å². The highest BCUT2D eigenvalue weighted by Gasteiger charge is 2.39. The standard InChI is InChI=1S/C14H9F3N2O/c15-14(16,17)7-3-4-8-9(5-7)12-10(13(8)20)11(18-19-12)6-1-2-6/h3-6H,1-2H2,(H,18,19). The van der Waals surface area contributed by atoms with Crippen LogP contribution in [0.5, 0.6) is 0 Å². The Bertz CT molecular complexity index is 741. The Morgan fingerprint density at radius 1 is 1.20 bits per heavy atom. The molecule has 2 aromatic rings. The molecule has 1 aromatic carbocycles. The zero-order valence-corrected chi connectivity index (χ0v) is 10.2. The third-order valence-corrected chi connectivity index (χ3v) is 3.85. The number of ketones is 1. The molecule has 6 heteroatoms. The first-order valence-electron chi connectivity index (χ1n) is 6.31. The molecule has 4 rings (SSSR count). The quantitative estimate of drug-likeness (QED) is 0.740. The van der Waals surface area contributed by atoms with Crippen LogP contribution in [0.1, 0.15) is 45.9 Å². The summed E-state index contributed by atoms with van der Waals surface area (Å²) in [6.07, 6.45) is -2.44.